The zero-order chi connectivity index (χ0) is 16.5. The van der Waals surface area contributed by atoms with Crippen LogP contribution in [0.5, 0.6) is 0 Å². The zero-order valence-corrected chi connectivity index (χ0v) is 15.0. The highest BCUT2D eigenvalue weighted by molar-refractivity contribution is 8.38. The molecule has 0 saturated heterocycles. The molecule has 21 heavy (non-hydrogen) atoms. The van der Waals surface area contributed by atoms with Gasteiger partial charge in [0, 0.05) is 0 Å². The highest BCUT2D eigenvalue weighted by Crippen LogP contribution is 2.18. The van der Waals surface area contributed by atoms with Crippen molar-refractivity contribution in [2.45, 2.75) is 39.7 Å². The van der Waals surface area contributed by atoms with Gasteiger partial charge in [-0.25, -0.2) is 9.79 Å². The first kappa shape index (κ1) is 20.1. The number of nitrogens with zero attached hydrogens (tertiary/aromatic N) is 1. The summed E-state index contributed by atoms with van der Waals surface area (Å²) < 4.78 is 10.9. The predicted octanol–water partition coefficient (Wildman–Crippen LogP) is 3.25. The van der Waals surface area contributed by atoms with Crippen molar-refractivity contribution in [1.29, 1.82) is 0 Å². The third-order valence-corrected chi connectivity index (χ3v) is 3.82. The lowest BCUT2D eigenvalue weighted by molar-refractivity contribution is -0.149. The van der Waals surface area contributed by atoms with Crippen molar-refractivity contribution < 1.29 is 19.1 Å². The Balaban J connectivity index is 5.18. The summed E-state index contributed by atoms with van der Waals surface area (Å²) in [6.45, 7) is 7.37. The third-order valence-electron chi connectivity index (χ3n) is 1.94. The minimum absolute atomic E-state index is 0.0119. The van der Waals surface area contributed by atoms with Crippen molar-refractivity contribution >= 4 is 39.8 Å². The zero-order valence-electron chi connectivity index (χ0n) is 13.4. The summed E-state index contributed by atoms with van der Waals surface area (Å²) in [5.74, 6) is -0.948. The first-order chi connectivity index (χ1) is 9.73. The van der Waals surface area contributed by atoms with E-state index in [0.717, 1.165) is 4.38 Å². The first-order valence-electron chi connectivity index (χ1n) is 6.49. The molecule has 0 saturated carbocycles. The molecule has 0 heterocycles. The molecule has 0 aromatic carbocycles. The number of hydrogen-bond donors (Lipinski definition) is 0. The van der Waals surface area contributed by atoms with Gasteiger partial charge in [0.2, 0.25) is 0 Å². The van der Waals surface area contributed by atoms with E-state index in [4.69, 9.17) is 9.47 Å². The largest absolute Gasteiger partial charge is 0.466 e. The molecule has 0 atom stereocenters. The lowest BCUT2D eigenvalue weighted by Gasteiger charge is -2.19. The topological polar surface area (TPSA) is 65.0 Å². The molecule has 0 amide bonds. The summed E-state index contributed by atoms with van der Waals surface area (Å²) in [6, 6.07) is 0. The number of hydrogen-bond acceptors (Lipinski definition) is 7. The van der Waals surface area contributed by atoms with Crippen molar-refractivity contribution in [2.24, 2.45) is 4.99 Å². The highest BCUT2D eigenvalue weighted by atomic mass is 32.2. The molecule has 0 radical (unpaired) electrons. The van der Waals surface area contributed by atoms with Gasteiger partial charge in [-0.2, -0.15) is 0 Å². The Morgan fingerprint density at radius 1 is 1.19 bits per heavy atom. The maximum Gasteiger partial charge on any atom is 0.357 e. The molecule has 0 aromatic heterocycles. The van der Waals surface area contributed by atoms with Crippen molar-refractivity contribution in [3.8, 4) is 0 Å². The smallest absolute Gasteiger partial charge is 0.357 e. The predicted molar refractivity (Wildman–Crippen MR) is 89.6 cm³/mol. The van der Waals surface area contributed by atoms with E-state index in [-0.39, 0.29) is 12.1 Å². The van der Waals surface area contributed by atoms with E-state index >= 15 is 0 Å². The molecule has 5 nitrogen and oxygen atoms in total. The summed E-state index contributed by atoms with van der Waals surface area (Å²) in [6.07, 6.45) is 5.17. The SMILES string of the molecule is CCOC(=O)C/C=C(\N=C(SC)SC)C(=O)OC(C)(C)C. The van der Waals surface area contributed by atoms with E-state index in [1.807, 2.05) is 12.5 Å². The average Bonchev–Trinajstić information content (AvgIpc) is 2.37. The molecular formula is C14H23NO4S2. The van der Waals surface area contributed by atoms with Crippen LogP contribution >= 0.6 is 23.5 Å². The molecule has 120 valence electrons. The Labute approximate surface area is 134 Å². The van der Waals surface area contributed by atoms with Crippen molar-refractivity contribution in [3.05, 3.63) is 11.8 Å². The number of rotatable bonds is 5. The first-order valence-corrected chi connectivity index (χ1v) is 8.94. The van der Waals surface area contributed by atoms with Gasteiger partial charge in [-0.1, -0.05) is 0 Å². The molecule has 0 aromatic rings. The van der Waals surface area contributed by atoms with E-state index in [0.29, 0.717) is 6.61 Å². The van der Waals surface area contributed by atoms with Crippen LogP contribution < -0.4 is 0 Å². The fourth-order valence-corrected chi connectivity index (χ4v) is 2.22. The molecule has 0 aliphatic carbocycles. The van der Waals surface area contributed by atoms with E-state index in [2.05, 4.69) is 4.99 Å². The number of ether oxygens (including phenoxy) is 2. The highest BCUT2D eigenvalue weighted by Gasteiger charge is 2.20. The van der Waals surface area contributed by atoms with Gasteiger partial charge in [-0.05, 0) is 46.3 Å². The lowest BCUT2D eigenvalue weighted by Crippen LogP contribution is -2.24. The Kier molecular flexibility index (Phi) is 9.44. The molecule has 0 unspecified atom stereocenters. The number of carbonyl (C=O) groups excluding carboxylic acids is 2. The molecule has 0 aliphatic heterocycles. The van der Waals surface area contributed by atoms with Crippen LogP contribution in [0.4, 0.5) is 0 Å². The van der Waals surface area contributed by atoms with Crippen LogP contribution in [0.1, 0.15) is 34.1 Å². The van der Waals surface area contributed by atoms with Gasteiger partial charge in [-0.15, -0.1) is 23.5 Å². The van der Waals surface area contributed by atoms with Crippen LogP contribution in [0, 0.1) is 0 Å². The van der Waals surface area contributed by atoms with Crippen LogP contribution in [0.15, 0.2) is 16.8 Å². The number of aliphatic imine (C=N–C) groups is 1. The normalized spacial score (nSPS) is 11.8. The standard InChI is InChI=1S/C14H23NO4S2/c1-7-18-11(16)9-8-10(15-13(20-5)21-6)12(17)19-14(2,3)4/h8H,7,9H2,1-6H3/b10-8-. The van der Waals surface area contributed by atoms with Gasteiger partial charge < -0.3 is 9.47 Å². The molecule has 0 aliphatic rings. The van der Waals surface area contributed by atoms with Crippen LogP contribution in [0.25, 0.3) is 0 Å². The van der Waals surface area contributed by atoms with E-state index < -0.39 is 17.5 Å². The summed E-state index contributed by atoms with van der Waals surface area (Å²) >= 11 is 2.85. The second kappa shape index (κ2) is 9.89. The number of thioether (sulfide) groups is 2. The van der Waals surface area contributed by atoms with Crippen LogP contribution in [-0.2, 0) is 19.1 Å². The monoisotopic (exact) mass is 333 g/mol. The molecule has 7 heteroatoms. The summed E-state index contributed by atoms with van der Waals surface area (Å²) in [5.41, 5.74) is -0.495. The van der Waals surface area contributed by atoms with Crippen LogP contribution in [0.3, 0.4) is 0 Å². The van der Waals surface area contributed by atoms with Gasteiger partial charge >= 0.3 is 11.9 Å². The fraction of sp³-hybridized carbons (Fsp3) is 0.643. The summed E-state index contributed by atoms with van der Waals surface area (Å²) in [7, 11) is 0. The van der Waals surface area contributed by atoms with Crippen molar-refractivity contribution in [2.75, 3.05) is 19.1 Å². The molecule has 0 fully saturated rings. The van der Waals surface area contributed by atoms with E-state index in [1.165, 1.54) is 29.6 Å². The fourth-order valence-electron chi connectivity index (χ4n) is 1.18. The Morgan fingerprint density at radius 2 is 1.76 bits per heavy atom. The Morgan fingerprint density at radius 3 is 2.19 bits per heavy atom. The van der Waals surface area contributed by atoms with Gasteiger partial charge in [0.1, 0.15) is 15.7 Å². The maximum atomic E-state index is 12.1. The quantitative estimate of drug-likeness (QED) is 0.333. The molecule has 0 rings (SSSR count). The second-order valence-electron chi connectivity index (χ2n) is 4.89. The van der Waals surface area contributed by atoms with E-state index in [1.54, 1.807) is 27.7 Å². The second-order valence-corrected chi connectivity index (χ2v) is 6.73. The van der Waals surface area contributed by atoms with Crippen molar-refractivity contribution in [1.82, 2.24) is 0 Å². The van der Waals surface area contributed by atoms with Crippen molar-refractivity contribution in [3.63, 3.8) is 0 Å². The van der Waals surface area contributed by atoms with Gasteiger partial charge in [-0.3, -0.25) is 4.79 Å². The minimum atomic E-state index is -0.617. The average molecular weight is 333 g/mol. The molecule has 0 bridgehead atoms. The van der Waals surface area contributed by atoms with Crippen LogP contribution in [-0.4, -0.2) is 41.0 Å². The van der Waals surface area contributed by atoms with E-state index in [9.17, 15) is 9.59 Å². The molecular weight excluding hydrogens is 310 g/mol. The molecule has 0 N–H and O–H groups in total. The van der Waals surface area contributed by atoms with Gasteiger partial charge in [0.05, 0.1) is 13.0 Å². The third kappa shape index (κ3) is 9.57. The summed E-state index contributed by atoms with van der Waals surface area (Å²) in [4.78, 5) is 27.8. The Bertz CT molecular complexity index is 419. The minimum Gasteiger partial charge on any atom is -0.466 e. The van der Waals surface area contributed by atoms with Gasteiger partial charge in [0.25, 0.3) is 0 Å². The van der Waals surface area contributed by atoms with Gasteiger partial charge in [0.15, 0.2) is 0 Å². The summed E-state index contributed by atoms with van der Waals surface area (Å²) in [5, 5.41) is 0. The van der Waals surface area contributed by atoms with Crippen LogP contribution in [0.2, 0.25) is 0 Å². The number of carbonyl (C=O) groups is 2. The maximum absolute atomic E-state index is 12.1. The lowest BCUT2D eigenvalue weighted by atomic mass is 10.2. The molecule has 0 spiro atoms. The Hall–Kier alpha value is -0.950. The number of esters is 2.